The van der Waals surface area contributed by atoms with E-state index in [2.05, 4.69) is 5.16 Å². The van der Waals surface area contributed by atoms with Gasteiger partial charge in [0.25, 0.3) is 0 Å². The molecule has 0 aliphatic heterocycles. The van der Waals surface area contributed by atoms with Crippen LogP contribution in [0, 0.1) is 20.8 Å². The fourth-order valence-electron chi connectivity index (χ4n) is 1.57. The Hall–Kier alpha value is -1.84. The van der Waals surface area contributed by atoms with Crippen molar-refractivity contribution in [2.24, 2.45) is 0 Å². The van der Waals surface area contributed by atoms with Crippen LogP contribution in [-0.4, -0.2) is 11.4 Å². The lowest BCUT2D eigenvalue weighted by atomic mass is 10.1. The molecule has 0 radical (unpaired) electrons. The SMILES string of the molecule is Cc1noc(C)c1-c1cc(C=O)c(C)o1. The molecule has 0 spiro atoms. The minimum atomic E-state index is 0.560. The van der Waals surface area contributed by atoms with E-state index in [1.54, 1.807) is 13.0 Å². The van der Waals surface area contributed by atoms with Crippen LogP contribution in [0.3, 0.4) is 0 Å². The number of hydrogen-bond donors (Lipinski definition) is 0. The molecule has 0 bridgehead atoms. The van der Waals surface area contributed by atoms with Crippen LogP contribution in [-0.2, 0) is 0 Å². The van der Waals surface area contributed by atoms with E-state index in [0.717, 1.165) is 17.5 Å². The minimum Gasteiger partial charge on any atom is -0.460 e. The van der Waals surface area contributed by atoms with Gasteiger partial charge >= 0.3 is 0 Å². The van der Waals surface area contributed by atoms with Crippen molar-refractivity contribution in [3.63, 3.8) is 0 Å². The molecule has 0 aliphatic rings. The molecule has 4 heteroatoms. The van der Waals surface area contributed by atoms with Crippen LogP contribution in [0.2, 0.25) is 0 Å². The molecule has 0 N–H and O–H groups in total. The zero-order valence-electron chi connectivity index (χ0n) is 8.83. The zero-order chi connectivity index (χ0) is 11.0. The van der Waals surface area contributed by atoms with Crippen molar-refractivity contribution in [3.8, 4) is 11.3 Å². The van der Waals surface area contributed by atoms with Gasteiger partial charge in [0.05, 0.1) is 16.8 Å². The van der Waals surface area contributed by atoms with Crippen molar-refractivity contribution >= 4 is 6.29 Å². The van der Waals surface area contributed by atoms with E-state index in [9.17, 15) is 4.79 Å². The topological polar surface area (TPSA) is 56.2 Å². The third-order valence-electron chi connectivity index (χ3n) is 2.36. The monoisotopic (exact) mass is 205 g/mol. The largest absolute Gasteiger partial charge is 0.460 e. The van der Waals surface area contributed by atoms with Crippen LogP contribution in [0.4, 0.5) is 0 Å². The van der Waals surface area contributed by atoms with Crippen LogP contribution in [0.1, 0.15) is 27.6 Å². The highest BCUT2D eigenvalue weighted by atomic mass is 16.5. The Balaban J connectivity index is 2.59. The average Bonchev–Trinajstić information content (AvgIpc) is 2.70. The molecule has 2 aromatic rings. The molecule has 4 nitrogen and oxygen atoms in total. The number of hydrogen-bond acceptors (Lipinski definition) is 4. The van der Waals surface area contributed by atoms with Crippen molar-refractivity contribution in [2.75, 3.05) is 0 Å². The number of aromatic nitrogens is 1. The second kappa shape index (κ2) is 3.38. The highest BCUT2D eigenvalue weighted by molar-refractivity contribution is 5.79. The average molecular weight is 205 g/mol. The number of rotatable bonds is 2. The highest BCUT2D eigenvalue weighted by Crippen LogP contribution is 2.29. The molecule has 0 saturated heterocycles. The number of carbonyl (C=O) groups is 1. The third-order valence-corrected chi connectivity index (χ3v) is 2.36. The summed E-state index contributed by atoms with van der Waals surface area (Å²) in [4.78, 5) is 10.7. The van der Waals surface area contributed by atoms with Gasteiger partial charge in [-0.2, -0.15) is 0 Å². The van der Waals surface area contributed by atoms with Crippen molar-refractivity contribution in [1.29, 1.82) is 0 Å². The Morgan fingerprint density at radius 2 is 2.00 bits per heavy atom. The Bertz CT molecular complexity index is 488. The summed E-state index contributed by atoms with van der Waals surface area (Å²) in [6, 6.07) is 1.70. The molecule has 15 heavy (non-hydrogen) atoms. The summed E-state index contributed by atoms with van der Waals surface area (Å²) in [5.41, 5.74) is 2.15. The lowest BCUT2D eigenvalue weighted by Gasteiger charge is -1.92. The zero-order valence-corrected chi connectivity index (χ0v) is 8.83. The maximum atomic E-state index is 10.7. The van der Waals surface area contributed by atoms with Gasteiger partial charge < -0.3 is 8.94 Å². The fraction of sp³-hybridized carbons (Fsp3) is 0.273. The number of aldehydes is 1. The summed E-state index contributed by atoms with van der Waals surface area (Å²) < 4.78 is 10.5. The van der Waals surface area contributed by atoms with Gasteiger partial charge in [-0.05, 0) is 26.8 Å². The summed E-state index contributed by atoms with van der Waals surface area (Å²) >= 11 is 0. The van der Waals surface area contributed by atoms with Crippen LogP contribution in [0.5, 0.6) is 0 Å². The Kier molecular flexibility index (Phi) is 2.19. The van der Waals surface area contributed by atoms with Crippen LogP contribution in [0.15, 0.2) is 15.0 Å². The number of carbonyl (C=O) groups excluding carboxylic acids is 1. The van der Waals surface area contributed by atoms with E-state index in [-0.39, 0.29) is 0 Å². The van der Waals surface area contributed by atoms with E-state index in [4.69, 9.17) is 8.94 Å². The van der Waals surface area contributed by atoms with E-state index < -0.39 is 0 Å². The van der Waals surface area contributed by atoms with Crippen LogP contribution in [0.25, 0.3) is 11.3 Å². The Morgan fingerprint density at radius 1 is 1.27 bits per heavy atom. The summed E-state index contributed by atoms with van der Waals surface area (Å²) in [6.45, 7) is 5.41. The number of furan rings is 1. The van der Waals surface area contributed by atoms with Crippen molar-refractivity contribution in [2.45, 2.75) is 20.8 Å². The normalized spacial score (nSPS) is 10.6. The summed E-state index contributed by atoms with van der Waals surface area (Å²) in [5, 5.41) is 3.83. The molecule has 0 amide bonds. The lowest BCUT2D eigenvalue weighted by molar-refractivity contribution is 0.112. The summed E-state index contributed by atoms with van der Waals surface area (Å²) in [7, 11) is 0. The summed E-state index contributed by atoms with van der Waals surface area (Å²) in [5.74, 6) is 1.93. The Labute approximate surface area is 86.9 Å². The molecule has 2 rings (SSSR count). The van der Waals surface area contributed by atoms with Crippen LogP contribution < -0.4 is 0 Å². The number of nitrogens with zero attached hydrogens (tertiary/aromatic N) is 1. The molecule has 0 aromatic carbocycles. The molecule has 2 aromatic heterocycles. The first-order chi connectivity index (χ1) is 7.13. The number of aryl methyl sites for hydroxylation is 3. The maximum absolute atomic E-state index is 10.7. The molecule has 2 heterocycles. The smallest absolute Gasteiger partial charge is 0.153 e. The first kappa shape index (κ1) is 9.71. The molecule has 0 atom stereocenters. The van der Waals surface area contributed by atoms with Gasteiger partial charge in [0.2, 0.25) is 0 Å². The van der Waals surface area contributed by atoms with Gasteiger partial charge in [0, 0.05) is 0 Å². The quantitative estimate of drug-likeness (QED) is 0.707. The van der Waals surface area contributed by atoms with Gasteiger partial charge in [0.1, 0.15) is 17.3 Å². The molecule has 78 valence electrons. The Morgan fingerprint density at radius 3 is 2.47 bits per heavy atom. The van der Waals surface area contributed by atoms with Gasteiger partial charge in [0.15, 0.2) is 6.29 Å². The second-order valence-corrected chi connectivity index (χ2v) is 3.44. The van der Waals surface area contributed by atoms with Gasteiger partial charge in [-0.3, -0.25) is 4.79 Å². The van der Waals surface area contributed by atoms with Gasteiger partial charge in [-0.25, -0.2) is 0 Å². The predicted molar refractivity (Wildman–Crippen MR) is 53.8 cm³/mol. The van der Waals surface area contributed by atoms with E-state index >= 15 is 0 Å². The molecule has 0 fully saturated rings. The minimum absolute atomic E-state index is 0.560. The molecule has 0 unspecified atom stereocenters. The molecule has 0 saturated carbocycles. The highest BCUT2D eigenvalue weighted by Gasteiger charge is 2.16. The van der Waals surface area contributed by atoms with Crippen LogP contribution >= 0.6 is 0 Å². The second-order valence-electron chi connectivity index (χ2n) is 3.44. The predicted octanol–water partition coefficient (Wildman–Crippen LogP) is 2.67. The van der Waals surface area contributed by atoms with Crippen molar-refractivity contribution in [1.82, 2.24) is 5.16 Å². The molecular formula is C11H11NO3. The van der Waals surface area contributed by atoms with E-state index in [1.165, 1.54) is 0 Å². The van der Waals surface area contributed by atoms with E-state index in [1.807, 2.05) is 13.8 Å². The van der Waals surface area contributed by atoms with Gasteiger partial charge in [-0.15, -0.1) is 0 Å². The van der Waals surface area contributed by atoms with Crippen molar-refractivity contribution in [3.05, 3.63) is 28.8 Å². The first-order valence-corrected chi connectivity index (χ1v) is 4.62. The molecular weight excluding hydrogens is 194 g/mol. The van der Waals surface area contributed by atoms with Gasteiger partial charge in [-0.1, -0.05) is 5.16 Å². The third kappa shape index (κ3) is 1.48. The summed E-state index contributed by atoms with van der Waals surface area (Å²) in [6.07, 6.45) is 0.778. The van der Waals surface area contributed by atoms with E-state index in [0.29, 0.717) is 22.8 Å². The first-order valence-electron chi connectivity index (χ1n) is 4.62. The standard InChI is InChI=1S/C11H11NO3/c1-6-11(8(3)15-12-6)10-4-9(5-13)7(2)14-10/h4-5H,1-3H3. The van der Waals surface area contributed by atoms with Crippen molar-refractivity contribution < 1.29 is 13.7 Å². The lowest BCUT2D eigenvalue weighted by Crippen LogP contribution is -1.78. The molecule has 0 aliphatic carbocycles. The fourth-order valence-corrected chi connectivity index (χ4v) is 1.57. The maximum Gasteiger partial charge on any atom is 0.153 e.